The quantitative estimate of drug-likeness (QED) is 0.829. The highest BCUT2D eigenvalue weighted by Gasteiger charge is 2.11. The van der Waals surface area contributed by atoms with Crippen LogP contribution in [0.2, 0.25) is 0 Å². The van der Waals surface area contributed by atoms with E-state index in [-0.39, 0.29) is 0 Å². The zero-order chi connectivity index (χ0) is 13.5. The lowest BCUT2D eigenvalue weighted by atomic mass is 10.0. The van der Waals surface area contributed by atoms with Crippen molar-refractivity contribution in [1.82, 2.24) is 10.3 Å². The zero-order valence-corrected chi connectivity index (χ0v) is 11.7. The predicted octanol–water partition coefficient (Wildman–Crippen LogP) is 2.79. The molecule has 3 heteroatoms. The molecule has 0 saturated heterocycles. The van der Waals surface area contributed by atoms with Crippen LogP contribution >= 0.6 is 0 Å². The summed E-state index contributed by atoms with van der Waals surface area (Å²) in [6.45, 7) is 3.90. The van der Waals surface area contributed by atoms with E-state index in [4.69, 9.17) is 4.74 Å². The minimum Gasteiger partial charge on any atom is -0.383 e. The molecule has 19 heavy (non-hydrogen) atoms. The third kappa shape index (κ3) is 3.75. The van der Waals surface area contributed by atoms with Crippen LogP contribution in [-0.4, -0.2) is 31.3 Å². The van der Waals surface area contributed by atoms with Gasteiger partial charge in [0.2, 0.25) is 0 Å². The van der Waals surface area contributed by atoms with E-state index in [1.54, 1.807) is 7.11 Å². The van der Waals surface area contributed by atoms with Crippen molar-refractivity contribution >= 4 is 10.8 Å². The van der Waals surface area contributed by atoms with E-state index in [1.165, 1.54) is 10.8 Å². The second-order valence-electron chi connectivity index (χ2n) is 4.79. The Kier molecular flexibility index (Phi) is 5.31. The second kappa shape index (κ2) is 7.22. The molecule has 102 valence electrons. The van der Waals surface area contributed by atoms with E-state index in [9.17, 15) is 0 Å². The highest BCUT2D eigenvalue weighted by atomic mass is 16.5. The maximum Gasteiger partial charge on any atom is 0.0619 e. The molecule has 0 spiro atoms. The van der Waals surface area contributed by atoms with E-state index < -0.39 is 0 Å². The highest BCUT2D eigenvalue weighted by molar-refractivity contribution is 5.84. The first-order chi connectivity index (χ1) is 9.35. The Balaban J connectivity index is 2.18. The molecule has 0 amide bonds. The minimum atomic E-state index is 0.322. The summed E-state index contributed by atoms with van der Waals surface area (Å²) in [7, 11) is 1.75. The Labute approximate surface area is 115 Å². The molecule has 0 aliphatic rings. The maximum atomic E-state index is 5.30. The Morgan fingerprint density at radius 1 is 1.26 bits per heavy atom. The van der Waals surface area contributed by atoms with Gasteiger partial charge in [0, 0.05) is 36.8 Å². The molecule has 2 aromatic rings. The van der Waals surface area contributed by atoms with Gasteiger partial charge < -0.3 is 10.1 Å². The number of methoxy groups -OCH3 is 1. The first-order valence-corrected chi connectivity index (χ1v) is 6.90. The lowest BCUT2D eigenvalue weighted by Crippen LogP contribution is -2.36. The van der Waals surface area contributed by atoms with Gasteiger partial charge in [-0.1, -0.05) is 31.2 Å². The standard InChI is InChI=1S/C16H22N2O/c1-3-9-17-14(12-19-2)11-16-15-7-5-4-6-13(15)8-10-18-16/h4-8,10,14,17H,3,9,11-12H2,1-2H3. The van der Waals surface area contributed by atoms with E-state index in [2.05, 4.69) is 47.6 Å². The number of benzene rings is 1. The van der Waals surface area contributed by atoms with E-state index in [1.807, 2.05) is 6.20 Å². The van der Waals surface area contributed by atoms with Gasteiger partial charge in [-0.3, -0.25) is 4.98 Å². The van der Waals surface area contributed by atoms with Crippen molar-refractivity contribution in [3.05, 3.63) is 42.2 Å². The van der Waals surface area contributed by atoms with Crippen LogP contribution in [0.15, 0.2) is 36.5 Å². The lowest BCUT2D eigenvalue weighted by Gasteiger charge is -2.18. The summed E-state index contributed by atoms with van der Waals surface area (Å²) in [5.74, 6) is 0. The second-order valence-corrected chi connectivity index (χ2v) is 4.79. The Morgan fingerprint density at radius 3 is 2.89 bits per heavy atom. The van der Waals surface area contributed by atoms with Crippen LogP contribution in [0.1, 0.15) is 19.0 Å². The van der Waals surface area contributed by atoms with Crippen molar-refractivity contribution in [2.75, 3.05) is 20.3 Å². The average molecular weight is 258 g/mol. The van der Waals surface area contributed by atoms with Crippen LogP contribution in [0.25, 0.3) is 10.8 Å². The van der Waals surface area contributed by atoms with Gasteiger partial charge in [-0.15, -0.1) is 0 Å². The van der Waals surface area contributed by atoms with Crippen LogP contribution < -0.4 is 5.32 Å². The smallest absolute Gasteiger partial charge is 0.0619 e. The number of fused-ring (bicyclic) bond motifs is 1. The van der Waals surface area contributed by atoms with Gasteiger partial charge in [-0.05, 0) is 24.4 Å². The predicted molar refractivity (Wildman–Crippen MR) is 79.4 cm³/mol. The van der Waals surface area contributed by atoms with Crippen molar-refractivity contribution in [2.45, 2.75) is 25.8 Å². The summed E-state index contributed by atoms with van der Waals surface area (Å²) in [6, 6.07) is 10.8. The van der Waals surface area contributed by atoms with Gasteiger partial charge in [0.25, 0.3) is 0 Å². The van der Waals surface area contributed by atoms with Crippen molar-refractivity contribution in [3.63, 3.8) is 0 Å². The fourth-order valence-electron chi connectivity index (χ4n) is 2.32. The summed E-state index contributed by atoms with van der Waals surface area (Å²) in [6.07, 6.45) is 3.92. The average Bonchev–Trinajstić information content (AvgIpc) is 2.45. The zero-order valence-electron chi connectivity index (χ0n) is 11.7. The SMILES string of the molecule is CCCNC(COC)Cc1nccc2ccccc12. The molecule has 1 unspecified atom stereocenters. The molecule has 0 saturated carbocycles. The molecule has 3 nitrogen and oxygen atoms in total. The first-order valence-electron chi connectivity index (χ1n) is 6.90. The van der Waals surface area contributed by atoms with Gasteiger partial charge in [-0.2, -0.15) is 0 Å². The molecule has 1 atom stereocenters. The maximum absolute atomic E-state index is 5.30. The first kappa shape index (κ1) is 14.0. The molecule has 1 heterocycles. The van der Waals surface area contributed by atoms with Gasteiger partial charge in [0.15, 0.2) is 0 Å². The number of nitrogens with one attached hydrogen (secondary N) is 1. The molecule has 0 bridgehead atoms. The van der Waals surface area contributed by atoms with Crippen molar-refractivity contribution < 1.29 is 4.74 Å². The number of aromatic nitrogens is 1. The van der Waals surface area contributed by atoms with E-state index in [0.717, 1.165) is 25.1 Å². The van der Waals surface area contributed by atoms with Crippen LogP contribution in [0.3, 0.4) is 0 Å². The number of hydrogen-bond donors (Lipinski definition) is 1. The van der Waals surface area contributed by atoms with Crippen LogP contribution in [0.4, 0.5) is 0 Å². The number of ether oxygens (including phenoxy) is 1. The molecular formula is C16H22N2O. The normalized spacial score (nSPS) is 12.7. The van der Waals surface area contributed by atoms with Gasteiger partial charge in [0.1, 0.15) is 0 Å². The largest absolute Gasteiger partial charge is 0.383 e. The molecule has 0 aliphatic heterocycles. The Morgan fingerprint density at radius 2 is 2.11 bits per heavy atom. The number of pyridine rings is 1. The molecular weight excluding hydrogens is 236 g/mol. The van der Waals surface area contributed by atoms with Crippen LogP contribution in [0, 0.1) is 0 Å². The summed E-state index contributed by atoms with van der Waals surface area (Å²) in [5.41, 5.74) is 1.14. The van der Waals surface area contributed by atoms with Gasteiger partial charge >= 0.3 is 0 Å². The fourth-order valence-corrected chi connectivity index (χ4v) is 2.32. The number of hydrogen-bond acceptors (Lipinski definition) is 3. The van der Waals surface area contributed by atoms with Crippen molar-refractivity contribution in [1.29, 1.82) is 0 Å². The van der Waals surface area contributed by atoms with Crippen LogP contribution in [-0.2, 0) is 11.2 Å². The topological polar surface area (TPSA) is 34.1 Å². The summed E-state index contributed by atoms with van der Waals surface area (Å²) in [4.78, 5) is 4.54. The van der Waals surface area contributed by atoms with Gasteiger partial charge in [-0.25, -0.2) is 0 Å². The van der Waals surface area contributed by atoms with Gasteiger partial charge in [0.05, 0.1) is 6.61 Å². The molecule has 1 N–H and O–H groups in total. The minimum absolute atomic E-state index is 0.322. The van der Waals surface area contributed by atoms with E-state index >= 15 is 0 Å². The summed E-state index contributed by atoms with van der Waals surface area (Å²) in [5, 5.41) is 6.01. The monoisotopic (exact) mass is 258 g/mol. The molecule has 1 aromatic heterocycles. The third-order valence-electron chi connectivity index (χ3n) is 3.25. The molecule has 0 aliphatic carbocycles. The molecule has 2 rings (SSSR count). The van der Waals surface area contributed by atoms with Crippen molar-refractivity contribution in [2.24, 2.45) is 0 Å². The fraction of sp³-hybridized carbons (Fsp3) is 0.438. The Bertz CT molecular complexity index is 508. The molecule has 0 fully saturated rings. The Hall–Kier alpha value is -1.45. The molecule has 1 aromatic carbocycles. The van der Waals surface area contributed by atoms with Crippen molar-refractivity contribution in [3.8, 4) is 0 Å². The lowest BCUT2D eigenvalue weighted by molar-refractivity contribution is 0.166. The third-order valence-corrected chi connectivity index (χ3v) is 3.25. The number of nitrogens with zero attached hydrogens (tertiary/aromatic N) is 1. The number of rotatable bonds is 7. The van der Waals surface area contributed by atoms with E-state index in [0.29, 0.717) is 12.6 Å². The summed E-state index contributed by atoms with van der Waals surface area (Å²) >= 11 is 0. The molecule has 0 radical (unpaired) electrons. The summed E-state index contributed by atoms with van der Waals surface area (Å²) < 4.78 is 5.30. The highest BCUT2D eigenvalue weighted by Crippen LogP contribution is 2.17. The van der Waals surface area contributed by atoms with Crippen LogP contribution in [0.5, 0.6) is 0 Å².